The van der Waals surface area contributed by atoms with Crippen molar-refractivity contribution in [3.8, 4) is 0 Å². The molecule has 1 N–H and O–H groups in total. The summed E-state index contributed by atoms with van der Waals surface area (Å²) < 4.78 is 0. The van der Waals surface area contributed by atoms with E-state index in [4.69, 9.17) is 23.2 Å². The molecule has 0 saturated carbocycles. The smallest absolute Gasteiger partial charge is 0.236 e. The predicted molar refractivity (Wildman–Crippen MR) is 81.9 cm³/mol. The zero-order valence-corrected chi connectivity index (χ0v) is 13.1. The van der Waals surface area contributed by atoms with Crippen molar-refractivity contribution >= 4 is 40.9 Å². The first-order valence-electron chi connectivity index (χ1n) is 6.10. The molecule has 1 aliphatic rings. The number of carbonyl (C=O) groups excluding carboxylic acids is 1. The number of carbonyl (C=O) groups is 1. The molecule has 0 aliphatic carbocycles. The minimum atomic E-state index is -0.0173. The van der Waals surface area contributed by atoms with Gasteiger partial charge in [0.15, 0.2) is 0 Å². The molecule has 6 heteroatoms. The summed E-state index contributed by atoms with van der Waals surface area (Å²) in [6.07, 6.45) is 0. The zero-order valence-electron chi connectivity index (χ0n) is 10.8. The Morgan fingerprint density at radius 1 is 1.37 bits per heavy atom. The van der Waals surface area contributed by atoms with E-state index in [0.29, 0.717) is 16.6 Å². The van der Waals surface area contributed by atoms with E-state index < -0.39 is 0 Å². The normalized spacial score (nSPS) is 23.2. The van der Waals surface area contributed by atoms with Crippen LogP contribution in [-0.2, 0) is 4.79 Å². The summed E-state index contributed by atoms with van der Waals surface area (Å²) in [6.45, 7) is 3.41. The van der Waals surface area contributed by atoms with Crippen LogP contribution in [0.1, 0.15) is 17.9 Å². The van der Waals surface area contributed by atoms with Crippen molar-refractivity contribution in [2.24, 2.45) is 0 Å². The summed E-state index contributed by atoms with van der Waals surface area (Å²) in [4.78, 5) is 14.1. The maximum atomic E-state index is 12.2. The Balaban J connectivity index is 2.25. The molecular weight excluding hydrogens is 303 g/mol. The van der Waals surface area contributed by atoms with Gasteiger partial charge < -0.3 is 10.2 Å². The first kappa shape index (κ1) is 15.0. The van der Waals surface area contributed by atoms with E-state index in [9.17, 15) is 4.79 Å². The largest absolute Gasteiger partial charge is 0.324 e. The SMILES string of the molecule is CNCCN1C(=O)[C@H](C)S[C@H]1c1ccc(Cl)c(Cl)c1. The van der Waals surface area contributed by atoms with Crippen molar-refractivity contribution in [2.45, 2.75) is 17.5 Å². The van der Waals surface area contributed by atoms with Crippen LogP contribution >= 0.6 is 35.0 Å². The molecule has 19 heavy (non-hydrogen) atoms. The van der Waals surface area contributed by atoms with E-state index in [-0.39, 0.29) is 16.5 Å². The van der Waals surface area contributed by atoms with E-state index in [1.54, 1.807) is 17.8 Å². The Kier molecular flexibility index (Phi) is 5.01. The van der Waals surface area contributed by atoms with Gasteiger partial charge in [0.2, 0.25) is 5.91 Å². The van der Waals surface area contributed by atoms with Crippen LogP contribution in [0, 0.1) is 0 Å². The summed E-state index contributed by atoms with van der Waals surface area (Å²) >= 11 is 13.6. The number of thioether (sulfide) groups is 1. The fourth-order valence-corrected chi connectivity index (χ4v) is 3.66. The lowest BCUT2D eigenvalue weighted by molar-refractivity contribution is -0.129. The second-order valence-electron chi connectivity index (χ2n) is 4.44. The van der Waals surface area contributed by atoms with Crippen molar-refractivity contribution < 1.29 is 4.79 Å². The fraction of sp³-hybridized carbons (Fsp3) is 0.462. The molecule has 2 atom stereocenters. The van der Waals surface area contributed by atoms with Gasteiger partial charge in [-0.15, -0.1) is 11.8 Å². The average molecular weight is 319 g/mol. The van der Waals surface area contributed by atoms with Crippen LogP contribution < -0.4 is 5.32 Å². The molecule has 1 aromatic rings. The molecule has 0 radical (unpaired) electrons. The Labute approximate surface area is 127 Å². The van der Waals surface area contributed by atoms with Crippen LogP contribution in [0.5, 0.6) is 0 Å². The highest BCUT2D eigenvalue weighted by Gasteiger charge is 2.38. The van der Waals surface area contributed by atoms with E-state index in [1.165, 1.54) is 0 Å². The monoisotopic (exact) mass is 318 g/mol. The van der Waals surface area contributed by atoms with Gasteiger partial charge in [0.1, 0.15) is 5.37 Å². The fourth-order valence-electron chi connectivity index (χ4n) is 2.06. The Morgan fingerprint density at radius 2 is 2.11 bits per heavy atom. The molecule has 0 bridgehead atoms. The lowest BCUT2D eigenvalue weighted by Gasteiger charge is -2.24. The van der Waals surface area contributed by atoms with Crippen LogP contribution in [0.15, 0.2) is 18.2 Å². The molecule has 0 unspecified atom stereocenters. The van der Waals surface area contributed by atoms with Crippen LogP contribution in [0.4, 0.5) is 0 Å². The van der Waals surface area contributed by atoms with Crippen molar-refractivity contribution in [3.63, 3.8) is 0 Å². The molecule has 1 heterocycles. The quantitative estimate of drug-likeness (QED) is 0.925. The topological polar surface area (TPSA) is 32.3 Å². The molecule has 1 aromatic carbocycles. The molecule has 2 rings (SSSR count). The third kappa shape index (κ3) is 3.19. The number of hydrogen-bond donors (Lipinski definition) is 1. The molecule has 1 fully saturated rings. The van der Waals surface area contributed by atoms with Crippen LogP contribution in [0.3, 0.4) is 0 Å². The summed E-state index contributed by atoms with van der Waals surface area (Å²) in [7, 11) is 1.88. The second kappa shape index (κ2) is 6.35. The highest BCUT2D eigenvalue weighted by Crippen LogP contribution is 2.43. The molecule has 1 amide bonds. The maximum absolute atomic E-state index is 12.2. The number of likely N-dealkylation sites (N-methyl/N-ethyl adjacent to an activating group) is 1. The van der Waals surface area contributed by atoms with Gasteiger partial charge in [0, 0.05) is 13.1 Å². The predicted octanol–water partition coefficient (Wildman–Crippen LogP) is 3.18. The number of benzene rings is 1. The molecular formula is C13H16Cl2N2OS. The van der Waals surface area contributed by atoms with Gasteiger partial charge in [-0.1, -0.05) is 29.3 Å². The molecule has 3 nitrogen and oxygen atoms in total. The van der Waals surface area contributed by atoms with Crippen molar-refractivity contribution in [2.75, 3.05) is 20.1 Å². The third-order valence-corrected chi connectivity index (χ3v) is 5.21. The van der Waals surface area contributed by atoms with Crippen molar-refractivity contribution in [1.29, 1.82) is 0 Å². The van der Waals surface area contributed by atoms with E-state index >= 15 is 0 Å². The van der Waals surface area contributed by atoms with Gasteiger partial charge in [-0.05, 0) is 31.7 Å². The molecule has 0 spiro atoms. The average Bonchev–Trinajstić information content (AvgIpc) is 2.67. The highest BCUT2D eigenvalue weighted by atomic mass is 35.5. The van der Waals surface area contributed by atoms with Gasteiger partial charge in [-0.25, -0.2) is 0 Å². The number of amides is 1. The van der Waals surface area contributed by atoms with Gasteiger partial charge in [0.25, 0.3) is 0 Å². The molecule has 104 valence electrons. The Bertz CT molecular complexity index is 484. The minimum Gasteiger partial charge on any atom is -0.324 e. The van der Waals surface area contributed by atoms with Crippen LogP contribution in [-0.4, -0.2) is 36.2 Å². The third-order valence-electron chi connectivity index (χ3n) is 3.08. The van der Waals surface area contributed by atoms with Crippen molar-refractivity contribution in [1.82, 2.24) is 10.2 Å². The summed E-state index contributed by atoms with van der Waals surface area (Å²) in [5.41, 5.74) is 1.02. The van der Waals surface area contributed by atoms with Gasteiger partial charge in [-0.2, -0.15) is 0 Å². The van der Waals surface area contributed by atoms with E-state index in [1.807, 2.05) is 31.0 Å². The molecule has 0 aromatic heterocycles. The minimum absolute atomic E-state index is 0.0173. The van der Waals surface area contributed by atoms with E-state index in [0.717, 1.165) is 12.1 Å². The van der Waals surface area contributed by atoms with E-state index in [2.05, 4.69) is 5.32 Å². The standard InChI is InChI=1S/C13H16Cl2N2OS/c1-8-12(18)17(6-5-16-2)13(19-8)9-3-4-10(14)11(15)7-9/h3-4,7-8,13,16H,5-6H2,1-2H3/t8-,13-/m0/s1. The number of nitrogens with zero attached hydrogens (tertiary/aromatic N) is 1. The van der Waals surface area contributed by atoms with Crippen LogP contribution in [0.25, 0.3) is 0 Å². The zero-order chi connectivity index (χ0) is 14.0. The van der Waals surface area contributed by atoms with Gasteiger partial charge >= 0.3 is 0 Å². The summed E-state index contributed by atoms with van der Waals surface area (Å²) in [6, 6.07) is 5.56. The lowest BCUT2D eigenvalue weighted by Crippen LogP contribution is -2.35. The second-order valence-corrected chi connectivity index (χ2v) is 6.68. The number of rotatable bonds is 4. The van der Waals surface area contributed by atoms with Crippen molar-refractivity contribution in [3.05, 3.63) is 33.8 Å². The van der Waals surface area contributed by atoms with Gasteiger partial charge in [0.05, 0.1) is 15.3 Å². The van der Waals surface area contributed by atoms with Crippen LogP contribution in [0.2, 0.25) is 10.0 Å². The number of hydrogen-bond acceptors (Lipinski definition) is 3. The molecule has 1 saturated heterocycles. The first-order valence-corrected chi connectivity index (χ1v) is 7.80. The lowest BCUT2D eigenvalue weighted by atomic mass is 10.2. The molecule has 1 aliphatic heterocycles. The Morgan fingerprint density at radius 3 is 2.74 bits per heavy atom. The Hall–Kier alpha value is -0.420. The summed E-state index contributed by atoms with van der Waals surface area (Å²) in [5, 5.41) is 4.14. The summed E-state index contributed by atoms with van der Waals surface area (Å²) in [5.74, 6) is 0.177. The van der Waals surface area contributed by atoms with Gasteiger partial charge in [-0.3, -0.25) is 4.79 Å². The first-order chi connectivity index (χ1) is 9.04. The number of nitrogens with one attached hydrogen (secondary N) is 1. The number of halogens is 2. The maximum Gasteiger partial charge on any atom is 0.236 e. The highest BCUT2D eigenvalue weighted by molar-refractivity contribution is 8.01.